The van der Waals surface area contributed by atoms with Crippen LogP contribution in [0.4, 0.5) is 0 Å². The van der Waals surface area contributed by atoms with Crippen LogP contribution in [-0.4, -0.2) is 26.5 Å². The van der Waals surface area contributed by atoms with Crippen LogP contribution < -0.4 is 30.7 Å². The Kier molecular flexibility index (Phi) is 7.94. The fourth-order valence-electron chi connectivity index (χ4n) is 3.75. The summed E-state index contributed by atoms with van der Waals surface area (Å²) in [5.74, 6) is 1.81. The molecular weight excluding hydrogens is 430 g/mol. The molecule has 2 unspecified atom stereocenters. The zero-order valence-corrected chi connectivity index (χ0v) is 20.3. The van der Waals surface area contributed by atoms with E-state index < -0.39 is 15.8 Å². The van der Waals surface area contributed by atoms with Gasteiger partial charge in [-0.05, 0) is 73.7 Å². The Labute approximate surface area is 193 Å². The molecule has 2 atom stereocenters. The van der Waals surface area contributed by atoms with Crippen molar-refractivity contribution < 1.29 is 9.47 Å². The molecule has 2 nitrogen and oxygen atoms in total. The maximum Gasteiger partial charge on any atom is 0.118 e. The van der Waals surface area contributed by atoms with Gasteiger partial charge in [-0.15, -0.1) is 0 Å². The van der Waals surface area contributed by atoms with Gasteiger partial charge in [0.05, 0.1) is 14.2 Å². The third kappa shape index (κ3) is 5.57. The summed E-state index contributed by atoms with van der Waals surface area (Å²) in [4.78, 5) is 0. The molecule has 0 bridgehead atoms. The summed E-state index contributed by atoms with van der Waals surface area (Å²) in [7, 11) is 2.53. The standard InChI is InChI=1S/C28H28O2P2/c1-29-23-13-17-27(18-14-23)31(25-9-5-3-6-10-25)21-22-32(26-11-7-4-8-12-26)28-19-15-24(30-2)16-20-28/h3-20H,21-22H2,1-2H3. The SMILES string of the molecule is COc1ccc(P(CCP(c2ccccc2)c2ccc(OC)cc2)c2ccccc2)cc1. The van der Waals surface area contributed by atoms with E-state index in [0.717, 1.165) is 23.8 Å². The van der Waals surface area contributed by atoms with E-state index in [-0.39, 0.29) is 0 Å². The highest BCUT2D eigenvalue weighted by Crippen LogP contribution is 2.41. The molecule has 0 saturated carbocycles. The minimum Gasteiger partial charge on any atom is -0.497 e. The normalized spacial score (nSPS) is 12.7. The van der Waals surface area contributed by atoms with Gasteiger partial charge in [0, 0.05) is 0 Å². The van der Waals surface area contributed by atoms with Crippen molar-refractivity contribution in [3.8, 4) is 11.5 Å². The van der Waals surface area contributed by atoms with Crippen LogP contribution in [0.15, 0.2) is 109 Å². The molecule has 0 aromatic heterocycles. The van der Waals surface area contributed by atoms with Gasteiger partial charge in [0.15, 0.2) is 0 Å². The van der Waals surface area contributed by atoms with Crippen LogP contribution in [0.1, 0.15) is 0 Å². The van der Waals surface area contributed by atoms with Crippen LogP contribution in [0.25, 0.3) is 0 Å². The van der Waals surface area contributed by atoms with Gasteiger partial charge >= 0.3 is 0 Å². The topological polar surface area (TPSA) is 18.5 Å². The molecule has 0 spiro atoms. The molecule has 0 saturated heterocycles. The van der Waals surface area contributed by atoms with Crippen molar-refractivity contribution in [2.45, 2.75) is 0 Å². The second-order valence-corrected chi connectivity index (χ2v) is 12.0. The lowest BCUT2D eigenvalue weighted by Gasteiger charge is -2.24. The van der Waals surface area contributed by atoms with Gasteiger partial charge in [0.1, 0.15) is 11.5 Å². The summed E-state index contributed by atoms with van der Waals surface area (Å²) in [5.41, 5.74) is 0. The lowest BCUT2D eigenvalue weighted by Crippen LogP contribution is -2.20. The number of hydrogen-bond acceptors (Lipinski definition) is 2. The molecule has 0 aliphatic carbocycles. The van der Waals surface area contributed by atoms with Crippen molar-refractivity contribution in [2.75, 3.05) is 26.5 Å². The summed E-state index contributed by atoms with van der Waals surface area (Å²) < 4.78 is 10.8. The second kappa shape index (κ2) is 11.3. The van der Waals surface area contributed by atoms with E-state index in [4.69, 9.17) is 9.47 Å². The third-order valence-corrected chi connectivity index (χ3v) is 10.8. The van der Waals surface area contributed by atoms with Crippen molar-refractivity contribution in [3.05, 3.63) is 109 Å². The molecule has 0 amide bonds. The molecule has 0 aliphatic heterocycles. The first-order chi connectivity index (χ1) is 15.8. The molecule has 0 fully saturated rings. The van der Waals surface area contributed by atoms with Crippen LogP contribution in [0, 0.1) is 0 Å². The largest absolute Gasteiger partial charge is 0.497 e. The van der Waals surface area contributed by atoms with E-state index in [1.165, 1.54) is 21.2 Å². The zero-order valence-electron chi connectivity index (χ0n) is 18.5. The first-order valence-electron chi connectivity index (χ1n) is 10.7. The molecule has 4 heteroatoms. The fourth-order valence-corrected chi connectivity index (χ4v) is 9.07. The monoisotopic (exact) mass is 458 g/mol. The smallest absolute Gasteiger partial charge is 0.118 e. The molecule has 0 N–H and O–H groups in total. The Hall–Kier alpha value is -2.66. The van der Waals surface area contributed by atoms with Gasteiger partial charge in [-0.3, -0.25) is 0 Å². The Balaban J connectivity index is 1.64. The Morgan fingerprint density at radius 2 is 0.750 bits per heavy atom. The molecule has 0 radical (unpaired) electrons. The van der Waals surface area contributed by atoms with Crippen LogP contribution in [-0.2, 0) is 0 Å². The molecule has 4 rings (SSSR count). The van der Waals surface area contributed by atoms with Gasteiger partial charge in [0.2, 0.25) is 0 Å². The fraction of sp³-hybridized carbons (Fsp3) is 0.143. The maximum absolute atomic E-state index is 5.39. The van der Waals surface area contributed by atoms with Crippen LogP contribution in [0.5, 0.6) is 11.5 Å². The number of benzene rings is 4. The van der Waals surface area contributed by atoms with E-state index in [1.807, 2.05) is 0 Å². The molecular formula is C28H28O2P2. The van der Waals surface area contributed by atoms with E-state index in [1.54, 1.807) is 14.2 Å². The van der Waals surface area contributed by atoms with Crippen LogP contribution in [0.2, 0.25) is 0 Å². The lowest BCUT2D eigenvalue weighted by atomic mass is 10.3. The Bertz CT molecular complexity index is 991. The molecule has 4 aromatic carbocycles. The van der Waals surface area contributed by atoms with E-state index >= 15 is 0 Å². The molecule has 32 heavy (non-hydrogen) atoms. The minimum absolute atomic E-state index is 0.455. The van der Waals surface area contributed by atoms with Gasteiger partial charge in [-0.1, -0.05) is 84.9 Å². The summed E-state index contributed by atoms with van der Waals surface area (Å²) >= 11 is 0. The predicted molar refractivity (Wildman–Crippen MR) is 141 cm³/mol. The number of ether oxygens (including phenoxy) is 2. The van der Waals surface area contributed by atoms with Crippen molar-refractivity contribution >= 4 is 37.1 Å². The van der Waals surface area contributed by atoms with Crippen molar-refractivity contribution in [1.29, 1.82) is 0 Å². The molecule has 162 valence electrons. The molecule has 0 heterocycles. The lowest BCUT2D eigenvalue weighted by molar-refractivity contribution is 0.415. The van der Waals surface area contributed by atoms with E-state index in [9.17, 15) is 0 Å². The number of rotatable bonds is 9. The average Bonchev–Trinajstić information content (AvgIpc) is 2.88. The maximum atomic E-state index is 5.39. The quantitative estimate of drug-likeness (QED) is 0.318. The predicted octanol–water partition coefficient (Wildman–Crippen LogP) is 5.27. The van der Waals surface area contributed by atoms with Gasteiger partial charge in [0.25, 0.3) is 0 Å². The van der Waals surface area contributed by atoms with E-state index in [0.29, 0.717) is 0 Å². The zero-order chi connectivity index (χ0) is 22.2. The summed E-state index contributed by atoms with van der Waals surface area (Å²) in [6.07, 6.45) is 2.27. The van der Waals surface area contributed by atoms with Gasteiger partial charge in [-0.25, -0.2) is 0 Å². The average molecular weight is 458 g/mol. The van der Waals surface area contributed by atoms with Gasteiger partial charge in [-0.2, -0.15) is 0 Å². The second-order valence-electron chi connectivity index (χ2n) is 7.37. The molecule has 4 aromatic rings. The highest BCUT2D eigenvalue weighted by molar-refractivity contribution is 7.76. The summed E-state index contributed by atoms with van der Waals surface area (Å²) in [6.45, 7) is 0. The highest BCUT2D eigenvalue weighted by atomic mass is 31.1. The van der Waals surface area contributed by atoms with E-state index in [2.05, 4.69) is 109 Å². The first kappa shape index (κ1) is 22.5. The van der Waals surface area contributed by atoms with Crippen molar-refractivity contribution in [3.63, 3.8) is 0 Å². The van der Waals surface area contributed by atoms with Crippen LogP contribution >= 0.6 is 15.8 Å². The van der Waals surface area contributed by atoms with Crippen LogP contribution in [0.3, 0.4) is 0 Å². The Morgan fingerprint density at radius 3 is 1.06 bits per heavy atom. The van der Waals surface area contributed by atoms with Crippen molar-refractivity contribution in [2.24, 2.45) is 0 Å². The summed E-state index contributed by atoms with van der Waals surface area (Å²) in [6, 6.07) is 39.1. The minimum atomic E-state index is -0.455. The van der Waals surface area contributed by atoms with Crippen molar-refractivity contribution in [1.82, 2.24) is 0 Å². The summed E-state index contributed by atoms with van der Waals surface area (Å²) in [5, 5.41) is 5.63. The highest BCUT2D eigenvalue weighted by Gasteiger charge is 2.19. The Morgan fingerprint density at radius 1 is 0.438 bits per heavy atom. The van der Waals surface area contributed by atoms with Gasteiger partial charge < -0.3 is 9.47 Å². The third-order valence-electron chi connectivity index (χ3n) is 5.45. The first-order valence-corrected chi connectivity index (χ1v) is 13.8. The number of methoxy groups -OCH3 is 2. The molecule has 0 aliphatic rings. The number of hydrogen-bond donors (Lipinski definition) is 0.